The van der Waals surface area contributed by atoms with E-state index >= 15 is 0 Å². The maximum absolute atomic E-state index is 5.12. The highest BCUT2D eigenvalue weighted by atomic mass is 79.9. The Morgan fingerprint density at radius 1 is 1.25 bits per heavy atom. The van der Waals surface area contributed by atoms with E-state index in [1.165, 1.54) is 35.3 Å². The predicted octanol–water partition coefficient (Wildman–Crippen LogP) is 4.91. The third kappa shape index (κ3) is 3.00. The van der Waals surface area contributed by atoms with Crippen molar-refractivity contribution in [3.05, 3.63) is 56.8 Å². The van der Waals surface area contributed by atoms with E-state index < -0.39 is 0 Å². The largest absolute Gasteiger partial charge is 0.384 e. The normalized spacial score (nSPS) is 15.3. The SMILES string of the molecule is COCCc1ccc(C(Br)c2cc3c(s2)CCC3)cc1. The molecule has 0 bridgehead atoms. The van der Waals surface area contributed by atoms with E-state index in [1.807, 2.05) is 11.3 Å². The summed E-state index contributed by atoms with van der Waals surface area (Å²) in [5.41, 5.74) is 4.25. The minimum atomic E-state index is 0.328. The van der Waals surface area contributed by atoms with Crippen LogP contribution in [0, 0.1) is 0 Å². The molecule has 1 atom stereocenters. The standard InChI is InChI=1S/C17H19BrOS/c1-19-10-9-12-5-7-13(8-6-12)17(18)16-11-14-3-2-4-15(14)20-16/h5-8,11,17H,2-4,9-10H2,1H3. The highest BCUT2D eigenvalue weighted by molar-refractivity contribution is 9.09. The Bertz CT molecular complexity index is 552. The number of hydrogen-bond acceptors (Lipinski definition) is 2. The van der Waals surface area contributed by atoms with Crippen LogP contribution < -0.4 is 0 Å². The average molecular weight is 351 g/mol. The number of halogens is 1. The Morgan fingerprint density at radius 3 is 2.75 bits per heavy atom. The molecule has 20 heavy (non-hydrogen) atoms. The number of thiophene rings is 1. The second kappa shape index (κ2) is 6.42. The van der Waals surface area contributed by atoms with Crippen LogP contribution in [0.25, 0.3) is 0 Å². The predicted molar refractivity (Wildman–Crippen MR) is 89.1 cm³/mol. The quantitative estimate of drug-likeness (QED) is 0.696. The molecule has 0 fully saturated rings. The summed E-state index contributed by atoms with van der Waals surface area (Å²) in [5.74, 6) is 0. The number of hydrogen-bond donors (Lipinski definition) is 0. The highest BCUT2D eigenvalue weighted by Gasteiger charge is 2.19. The molecule has 1 heterocycles. The van der Waals surface area contributed by atoms with E-state index in [0.717, 1.165) is 13.0 Å². The Morgan fingerprint density at radius 2 is 2.05 bits per heavy atom. The summed E-state index contributed by atoms with van der Waals surface area (Å²) in [6.07, 6.45) is 4.86. The first-order chi connectivity index (χ1) is 9.78. The van der Waals surface area contributed by atoms with Gasteiger partial charge in [-0.15, -0.1) is 11.3 Å². The van der Waals surface area contributed by atoms with Crippen LogP contribution in [0.1, 0.15) is 37.7 Å². The van der Waals surface area contributed by atoms with E-state index in [-0.39, 0.29) is 0 Å². The fourth-order valence-electron chi connectivity index (χ4n) is 2.71. The van der Waals surface area contributed by atoms with Gasteiger partial charge in [0.05, 0.1) is 11.4 Å². The van der Waals surface area contributed by atoms with Crippen LogP contribution in [0.4, 0.5) is 0 Å². The second-order valence-corrected chi connectivity index (χ2v) is 7.38. The zero-order valence-electron chi connectivity index (χ0n) is 11.7. The molecule has 3 rings (SSSR count). The number of fused-ring (bicyclic) bond motifs is 1. The Balaban J connectivity index is 1.74. The van der Waals surface area contributed by atoms with Gasteiger partial charge in [-0.05, 0) is 48.4 Å². The molecule has 106 valence electrons. The number of ether oxygens (including phenoxy) is 1. The van der Waals surface area contributed by atoms with Crippen LogP contribution in [0.5, 0.6) is 0 Å². The lowest BCUT2D eigenvalue weighted by Gasteiger charge is -2.09. The van der Waals surface area contributed by atoms with Gasteiger partial charge in [-0.3, -0.25) is 0 Å². The van der Waals surface area contributed by atoms with Gasteiger partial charge < -0.3 is 4.74 Å². The minimum absolute atomic E-state index is 0.328. The van der Waals surface area contributed by atoms with Crippen LogP contribution in [-0.2, 0) is 24.0 Å². The molecule has 0 amide bonds. The molecular formula is C17H19BrOS. The molecule has 1 aromatic carbocycles. The van der Waals surface area contributed by atoms with Crippen LogP contribution in [0.2, 0.25) is 0 Å². The first kappa shape index (κ1) is 14.3. The van der Waals surface area contributed by atoms with Crippen molar-refractivity contribution in [3.63, 3.8) is 0 Å². The van der Waals surface area contributed by atoms with Crippen LogP contribution in [0.15, 0.2) is 30.3 Å². The molecule has 0 aliphatic heterocycles. The van der Waals surface area contributed by atoms with Crippen molar-refractivity contribution < 1.29 is 4.74 Å². The first-order valence-electron chi connectivity index (χ1n) is 7.11. The fraction of sp³-hybridized carbons (Fsp3) is 0.412. The third-order valence-corrected chi connectivity index (χ3v) is 6.51. The van der Waals surface area contributed by atoms with Gasteiger partial charge in [0, 0.05) is 16.9 Å². The number of methoxy groups -OCH3 is 1. The summed E-state index contributed by atoms with van der Waals surface area (Å²) >= 11 is 5.83. The maximum atomic E-state index is 5.12. The van der Waals surface area contributed by atoms with Gasteiger partial charge in [-0.1, -0.05) is 40.2 Å². The maximum Gasteiger partial charge on any atom is 0.0738 e. The molecule has 1 aliphatic rings. The molecule has 0 spiro atoms. The molecule has 2 aromatic rings. The van der Waals surface area contributed by atoms with E-state index in [2.05, 4.69) is 46.3 Å². The molecule has 0 radical (unpaired) electrons. The third-order valence-electron chi connectivity index (χ3n) is 3.88. The van der Waals surface area contributed by atoms with Crippen LogP contribution >= 0.6 is 27.3 Å². The van der Waals surface area contributed by atoms with Crippen LogP contribution in [-0.4, -0.2) is 13.7 Å². The Hall–Kier alpha value is -0.640. The minimum Gasteiger partial charge on any atom is -0.384 e. The van der Waals surface area contributed by atoms with Crippen molar-refractivity contribution in [1.29, 1.82) is 0 Å². The van der Waals surface area contributed by atoms with E-state index in [0.29, 0.717) is 4.83 Å². The van der Waals surface area contributed by atoms with Crippen LogP contribution in [0.3, 0.4) is 0 Å². The summed E-state index contributed by atoms with van der Waals surface area (Å²) in [6.45, 7) is 0.786. The monoisotopic (exact) mass is 350 g/mol. The average Bonchev–Trinajstić information content (AvgIpc) is 3.06. The van der Waals surface area contributed by atoms with Crippen molar-refractivity contribution in [1.82, 2.24) is 0 Å². The number of alkyl halides is 1. The van der Waals surface area contributed by atoms with E-state index in [9.17, 15) is 0 Å². The molecule has 1 nitrogen and oxygen atoms in total. The molecule has 1 aliphatic carbocycles. The Kier molecular flexibility index (Phi) is 4.59. The van der Waals surface area contributed by atoms with Gasteiger partial charge in [0.1, 0.15) is 0 Å². The smallest absolute Gasteiger partial charge is 0.0738 e. The van der Waals surface area contributed by atoms with Crippen molar-refractivity contribution in [2.75, 3.05) is 13.7 Å². The van der Waals surface area contributed by atoms with E-state index in [4.69, 9.17) is 4.74 Å². The summed E-state index contributed by atoms with van der Waals surface area (Å²) in [6, 6.07) is 11.3. The van der Waals surface area contributed by atoms with E-state index in [1.54, 1.807) is 17.6 Å². The highest BCUT2D eigenvalue weighted by Crippen LogP contribution is 2.40. The molecule has 0 saturated carbocycles. The van der Waals surface area contributed by atoms with Gasteiger partial charge in [-0.25, -0.2) is 0 Å². The zero-order chi connectivity index (χ0) is 13.9. The van der Waals surface area contributed by atoms with Gasteiger partial charge in [0.2, 0.25) is 0 Å². The van der Waals surface area contributed by atoms with Gasteiger partial charge in [-0.2, -0.15) is 0 Å². The lowest BCUT2D eigenvalue weighted by molar-refractivity contribution is 0.202. The van der Waals surface area contributed by atoms with Crippen molar-refractivity contribution in [2.24, 2.45) is 0 Å². The second-order valence-electron chi connectivity index (χ2n) is 5.30. The number of rotatable bonds is 5. The molecule has 1 unspecified atom stereocenters. The van der Waals surface area contributed by atoms with Gasteiger partial charge in [0.15, 0.2) is 0 Å². The number of aryl methyl sites for hydroxylation is 2. The molecule has 1 aromatic heterocycles. The lowest BCUT2D eigenvalue weighted by Crippen LogP contribution is -1.95. The van der Waals surface area contributed by atoms with Gasteiger partial charge in [0.25, 0.3) is 0 Å². The Labute approximate surface area is 133 Å². The molecular weight excluding hydrogens is 332 g/mol. The fourth-order valence-corrected chi connectivity index (χ4v) is 4.70. The molecule has 0 N–H and O–H groups in total. The van der Waals surface area contributed by atoms with Crippen molar-refractivity contribution in [2.45, 2.75) is 30.5 Å². The summed E-state index contributed by atoms with van der Waals surface area (Å²) in [7, 11) is 1.75. The molecule has 3 heteroatoms. The topological polar surface area (TPSA) is 9.23 Å². The van der Waals surface area contributed by atoms with Crippen molar-refractivity contribution in [3.8, 4) is 0 Å². The lowest BCUT2D eigenvalue weighted by atomic mass is 10.1. The van der Waals surface area contributed by atoms with Crippen molar-refractivity contribution >= 4 is 27.3 Å². The summed E-state index contributed by atoms with van der Waals surface area (Å²) in [4.78, 5) is 3.37. The summed E-state index contributed by atoms with van der Waals surface area (Å²) < 4.78 is 5.12. The molecule has 0 saturated heterocycles. The zero-order valence-corrected chi connectivity index (χ0v) is 14.1. The van der Waals surface area contributed by atoms with Gasteiger partial charge >= 0.3 is 0 Å². The number of benzene rings is 1. The first-order valence-corrected chi connectivity index (χ1v) is 8.84. The summed E-state index contributed by atoms with van der Waals surface area (Å²) in [5, 5.41) is 0.